The van der Waals surface area contributed by atoms with Crippen molar-refractivity contribution in [1.82, 2.24) is 15.2 Å². The fourth-order valence-corrected chi connectivity index (χ4v) is 4.94. The van der Waals surface area contributed by atoms with E-state index >= 15 is 0 Å². The van der Waals surface area contributed by atoms with Crippen molar-refractivity contribution in [2.45, 2.75) is 51.6 Å². The number of nitrogens with zero attached hydrogens (tertiary/aromatic N) is 1. The van der Waals surface area contributed by atoms with E-state index in [4.69, 9.17) is 4.74 Å². The van der Waals surface area contributed by atoms with E-state index in [1.54, 1.807) is 12.1 Å². The minimum atomic E-state index is -0.733. The molecule has 7 heteroatoms. The Kier molecular flexibility index (Phi) is 9.99. The second kappa shape index (κ2) is 13.6. The number of ether oxygens (including phenoxy) is 1. The van der Waals surface area contributed by atoms with Crippen LogP contribution in [0.2, 0.25) is 0 Å². The lowest BCUT2D eigenvalue weighted by molar-refractivity contribution is 0.176. The van der Waals surface area contributed by atoms with Crippen LogP contribution >= 0.6 is 0 Å². The van der Waals surface area contributed by atoms with Crippen LogP contribution in [0.3, 0.4) is 0 Å². The first-order chi connectivity index (χ1) is 18.0. The predicted octanol–water partition coefficient (Wildman–Crippen LogP) is 4.38. The van der Waals surface area contributed by atoms with Gasteiger partial charge in [0.15, 0.2) is 0 Å². The largest absolute Gasteiger partial charge is 0.506 e. The molecule has 1 atom stereocenters. The molecule has 0 bridgehead atoms. The molecule has 200 valence electrons. The SMILES string of the molecule is CC1CCN(CCc2ccc(OCCCCCNCC(O)c3ccc(O)c4[nH]c(=O)ccc34)cc2)CC1. The van der Waals surface area contributed by atoms with E-state index in [1.165, 1.54) is 43.6 Å². The van der Waals surface area contributed by atoms with Gasteiger partial charge in [0.2, 0.25) is 5.56 Å². The van der Waals surface area contributed by atoms with Gasteiger partial charge in [0.25, 0.3) is 0 Å². The van der Waals surface area contributed by atoms with Crippen molar-refractivity contribution in [2.75, 3.05) is 39.3 Å². The molecule has 1 aliphatic rings. The highest BCUT2D eigenvalue weighted by atomic mass is 16.5. The molecule has 0 aliphatic carbocycles. The van der Waals surface area contributed by atoms with Gasteiger partial charge < -0.3 is 30.2 Å². The number of pyridine rings is 1. The number of hydrogen-bond donors (Lipinski definition) is 4. The number of phenolic OH excluding ortho intramolecular Hbond substituents is 1. The van der Waals surface area contributed by atoms with Gasteiger partial charge >= 0.3 is 0 Å². The summed E-state index contributed by atoms with van der Waals surface area (Å²) in [5.74, 6) is 1.81. The second-order valence-corrected chi connectivity index (χ2v) is 10.3. The molecule has 0 spiro atoms. The van der Waals surface area contributed by atoms with E-state index in [9.17, 15) is 15.0 Å². The summed E-state index contributed by atoms with van der Waals surface area (Å²) in [6.07, 6.45) is 6.03. The maximum absolute atomic E-state index is 11.6. The molecule has 2 heterocycles. The van der Waals surface area contributed by atoms with Crippen molar-refractivity contribution in [1.29, 1.82) is 0 Å². The van der Waals surface area contributed by atoms with Crippen LogP contribution in [0, 0.1) is 5.92 Å². The zero-order chi connectivity index (χ0) is 26.0. The van der Waals surface area contributed by atoms with Crippen LogP contribution in [0.5, 0.6) is 11.5 Å². The Labute approximate surface area is 219 Å². The van der Waals surface area contributed by atoms with Gasteiger partial charge in [-0.2, -0.15) is 0 Å². The average Bonchev–Trinajstić information content (AvgIpc) is 2.91. The third kappa shape index (κ3) is 8.06. The molecule has 4 rings (SSSR count). The Morgan fingerprint density at radius 3 is 2.62 bits per heavy atom. The van der Waals surface area contributed by atoms with E-state index < -0.39 is 6.10 Å². The number of hydrogen-bond acceptors (Lipinski definition) is 6. The molecule has 0 amide bonds. The number of phenols is 1. The Balaban J connectivity index is 1.08. The number of rotatable bonds is 13. The van der Waals surface area contributed by atoms with Crippen LogP contribution in [0.15, 0.2) is 53.3 Å². The highest BCUT2D eigenvalue weighted by molar-refractivity contribution is 5.87. The van der Waals surface area contributed by atoms with Crippen molar-refractivity contribution in [2.24, 2.45) is 5.92 Å². The summed E-state index contributed by atoms with van der Waals surface area (Å²) >= 11 is 0. The topological polar surface area (TPSA) is 97.8 Å². The maximum atomic E-state index is 11.6. The molecule has 1 unspecified atom stereocenters. The van der Waals surface area contributed by atoms with Crippen molar-refractivity contribution in [3.05, 3.63) is 70.0 Å². The molecule has 0 saturated carbocycles. The number of aromatic nitrogens is 1. The third-order valence-corrected chi connectivity index (χ3v) is 7.39. The van der Waals surface area contributed by atoms with E-state index in [0.717, 1.165) is 50.4 Å². The van der Waals surface area contributed by atoms with Crippen LogP contribution in [-0.4, -0.2) is 59.4 Å². The molecule has 37 heavy (non-hydrogen) atoms. The van der Waals surface area contributed by atoms with Crippen molar-refractivity contribution >= 4 is 10.9 Å². The minimum Gasteiger partial charge on any atom is -0.506 e. The number of likely N-dealkylation sites (tertiary alicyclic amines) is 1. The summed E-state index contributed by atoms with van der Waals surface area (Å²) in [5, 5.41) is 24.6. The Bertz CT molecular complexity index is 1170. The quantitative estimate of drug-likeness (QED) is 0.256. The zero-order valence-corrected chi connectivity index (χ0v) is 21.9. The molecule has 2 aromatic carbocycles. The van der Waals surface area contributed by atoms with Crippen LogP contribution < -0.4 is 15.6 Å². The molecule has 7 nitrogen and oxygen atoms in total. The van der Waals surface area contributed by atoms with Crippen molar-refractivity contribution < 1.29 is 14.9 Å². The molecule has 1 saturated heterocycles. The minimum absolute atomic E-state index is 0.00246. The molecular weight excluding hydrogens is 466 g/mol. The molecular formula is C30H41N3O4. The summed E-state index contributed by atoms with van der Waals surface area (Å²) in [7, 11) is 0. The normalized spacial score (nSPS) is 15.7. The summed E-state index contributed by atoms with van der Waals surface area (Å²) in [5.41, 5.74) is 2.11. The first-order valence-corrected chi connectivity index (χ1v) is 13.7. The summed E-state index contributed by atoms with van der Waals surface area (Å²) in [6, 6.07) is 14.8. The summed E-state index contributed by atoms with van der Waals surface area (Å²) in [6.45, 7) is 7.87. The van der Waals surface area contributed by atoms with E-state index in [1.807, 2.05) is 0 Å². The number of H-pyrrole nitrogens is 1. The summed E-state index contributed by atoms with van der Waals surface area (Å²) < 4.78 is 5.91. The van der Waals surface area contributed by atoms with Crippen molar-refractivity contribution in [3.8, 4) is 11.5 Å². The van der Waals surface area contributed by atoms with Gasteiger partial charge in [0, 0.05) is 24.5 Å². The van der Waals surface area contributed by atoms with Gasteiger partial charge in [-0.3, -0.25) is 4.79 Å². The first-order valence-electron chi connectivity index (χ1n) is 13.7. The standard InChI is InChI=1S/C30H41N3O4/c1-22-13-17-33(18-14-22)19-15-23-5-7-24(8-6-23)37-20-4-2-3-16-31-21-28(35)25-9-11-27(34)30-26(25)10-12-29(36)32-30/h5-12,22,28,31,34-35H,2-4,13-21H2,1H3,(H,32,36). The molecule has 1 aliphatic heterocycles. The molecule has 4 N–H and O–H groups in total. The number of aromatic hydroxyl groups is 1. The van der Waals surface area contributed by atoms with Gasteiger partial charge in [-0.1, -0.05) is 25.1 Å². The number of unbranched alkanes of at least 4 members (excludes halogenated alkanes) is 2. The predicted molar refractivity (Wildman–Crippen MR) is 148 cm³/mol. The number of benzene rings is 2. The van der Waals surface area contributed by atoms with E-state index in [-0.39, 0.29) is 11.3 Å². The number of fused-ring (bicyclic) bond motifs is 1. The number of nitrogens with one attached hydrogen (secondary N) is 2. The molecule has 0 radical (unpaired) electrons. The van der Waals surface area contributed by atoms with Crippen LogP contribution in [0.1, 0.15) is 56.3 Å². The van der Waals surface area contributed by atoms with Gasteiger partial charge in [0.05, 0.1) is 18.2 Å². The lowest BCUT2D eigenvalue weighted by atomic mass is 9.99. The smallest absolute Gasteiger partial charge is 0.248 e. The third-order valence-electron chi connectivity index (χ3n) is 7.39. The number of piperidine rings is 1. The summed E-state index contributed by atoms with van der Waals surface area (Å²) in [4.78, 5) is 16.8. The van der Waals surface area contributed by atoms with Gasteiger partial charge in [-0.15, -0.1) is 0 Å². The van der Waals surface area contributed by atoms with Gasteiger partial charge in [-0.05, 0) is 99.5 Å². The molecule has 3 aromatic rings. The Morgan fingerprint density at radius 2 is 1.84 bits per heavy atom. The Hall–Kier alpha value is -2.87. The number of aliphatic hydroxyl groups excluding tert-OH is 1. The molecule has 1 fully saturated rings. The average molecular weight is 508 g/mol. The van der Waals surface area contributed by atoms with Gasteiger partial charge in [-0.25, -0.2) is 0 Å². The molecule has 1 aromatic heterocycles. The maximum Gasteiger partial charge on any atom is 0.248 e. The Morgan fingerprint density at radius 1 is 1.05 bits per heavy atom. The second-order valence-electron chi connectivity index (χ2n) is 10.3. The monoisotopic (exact) mass is 507 g/mol. The van der Waals surface area contributed by atoms with E-state index in [2.05, 4.69) is 46.4 Å². The van der Waals surface area contributed by atoms with E-state index in [0.29, 0.717) is 29.6 Å². The number of aliphatic hydroxyl groups is 1. The van der Waals surface area contributed by atoms with Crippen LogP contribution in [0.25, 0.3) is 10.9 Å². The highest BCUT2D eigenvalue weighted by Gasteiger charge is 2.15. The van der Waals surface area contributed by atoms with Crippen LogP contribution in [-0.2, 0) is 6.42 Å². The van der Waals surface area contributed by atoms with Gasteiger partial charge in [0.1, 0.15) is 11.5 Å². The zero-order valence-electron chi connectivity index (χ0n) is 21.9. The number of aromatic amines is 1. The lowest BCUT2D eigenvalue weighted by Crippen LogP contribution is -2.34. The lowest BCUT2D eigenvalue weighted by Gasteiger charge is -2.30. The highest BCUT2D eigenvalue weighted by Crippen LogP contribution is 2.28. The van der Waals surface area contributed by atoms with Crippen molar-refractivity contribution in [3.63, 3.8) is 0 Å². The fourth-order valence-electron chi connectivity index (χ4n) is 4.94. The first kappa shape index (κ1) is 27.2. The fraction of sp³-hybridized carbons (Fsp3) is 0.500. The van der Waals surface area contributed by atoms with Crippen LogP contribution in [0.4, 0.5) is 0 Å².